The molecule has 0 bridgehead atoms. The van der Waals surface area contributed by atoms with Crippen LogP contribution in [0.15, 0.2) is 24.3 Å². The van der Waals surface area contributed by atoms with E-state index in [-0.39, 0.29) is 17.6 Å². The van der Waals surface area contributed by atoms with Gasteiger partial charge in [-0.1, -0.05) is 0 Å². The number of anilines is 1. The highest BCUT2D eigenvalue weighted by atomic mass is 19.4. The number of amides is 1. The third-order valence-electron chi connectivity index (χ3n) is 2.47. The lowest BCUT2D eigenvalue weighted by molar-refractivity contribution is -0.153. The van der Waals surface area contributed by atoms with Crippen LogP contribution >= 0.6 is 0 Å². The number of carbonyl (C=O) groups is 1. The fourth-order valence-corrected chi connectivity index (χ4v) is 1.39. The van der Waals surface area contributed by atoms with Gasteiger partial charge in [0.25, 0.3) is 0 Å². The number of ether oxygens (including phenoxy) is 1. The van der Waals surface area contributed by atoms with Crippen molar-refractivity contribution in [2.45, 2.75) is 19.0 Å². The summed E-state index contributed by atoms with van der Waals surface area (Å²) in [7, 11) is 0. The molecule has 1 fully saturated rings. The average Bonchev–Trinajstić information content (AvgIpc) is 3.11. The lowest BCUT2D eigenvalue weighted by Crippen LogP contribution is -2.19. The Labute approximate surface area is 102 Å². The summed E-state index contributed by atoms with van der Waals surface area (Å²) in [4.78, 5) is 11.4. The van der Waals surface area contributed by atoms with E-state index >= 15 is 0 Å². The molecule has 18 heavy (non-hydrogen) atoms. The van der Waals surface area contributed by atoms with E-state index in [1.54, 1.807) is 0 Å². The SMILES string of the molecule is O=C(Nc1ccc(OCC(F)(F)F)cc1)C1CC1. The highest BCUT2D eigenvalue weighted by Crippen LogP contribution is 2.30. The molecule has 0 atom stereocenters. The normalized spacial score (nSPS) is 15.3. The van der Waals surface area contributed by atoms with Crippen LogP contribution in [0.25, 0.3) is 0 Å². The van der Waals surface area contributed by atoms with E-state index in [9.17, 15) is 18.0 Å². The molecule has 1 amide bonds. The van der Waals surface area contributed by atoms with Crippen LogP contribution in [0.5, 0.6) is 5.75 Å². The van der Waals surface area contributed by atoms with Crippen molar-refractivity contribution < 1.29 is 22.7 Å². The van der Waals surface area contributed by atoms with Crippen LogP contribution in [0.4, 0.5) is 18.9 Å². The van der Waals surface area contributed by atoms with Gasteiger partial charge in [0.1, 0.15) is 5.75 Å². The van der Waals surface area contributed by atoms with Crippen LogP contribution in [0.1, 0.15) is 12.8 Å². The monoisotopic (exact) mass is 259 g/mol. The maximum absolute atomic E-state index is 11.9. The second-order valence-corrected chi connectivity index (χ2v) is 4.19. The molecule has 1 aliphatic rings. The van der Waals surface area contributed by atoms with E-state index in [2.05, 4.69) is 10.1 Å². The summed E-state index contributed by atoms with van der Waals surface area (Å²) in [5, 5.41) is 2.69. The molecule has 98 valence electrons. The molecule has 1 aliphatic carbocycles. The fraction of sp³-hybridized carbons (Fsp3) is 0.417. The van der Waals surface area contributed by atoms with Crippen molar-refractivity contribution in [1.82, 2.24) is 0 Å². The zero-order chi connectivity index (χ0) is 13.2. The molecule has 0 saturated heterocycles. The third-order valence-corrected chi connectivity index (χ3v) is 2.47. The minimum atomic E-state index is -4.35. The predicted octanol–water partition coefficient (Wildman–Crippen LogP) is 2.98. The van der Waals surface area contributed by atoms with Crippen LogP contribution < -0.4 is 10.1 Å². The zero-order valence-electron chi connectivity index (χ0n) is 9.46. The molecular formula is C12H12F3NO2. The van der Waals surface area contributed by atoms with Gasteiger partial charge in [-0.2, -0.15) is 13.2 Å². The summed E-state index contributed by atoms with van der Waals surface area (Å²) in [5.41, 5.74) is 0.561. The molecule has 0 heterocycles. The molecule has 1 N–H and O–H groups in total. The Morgan fingerprint density at radius 2 is 1.89 bits per heavy atom. The Morgan fingerprint density at radius 3 is 2.39 bits per heavy atom. The van der Waals surface area contributed by atoms with Gasteiger partial charge in [0.2, 0.25) is 5.91 Å². The average molecular weight is 259 g/mol. The largest absolute Gasteiger partial charge is 0.484 e. The van der Waals surface area contributed by atoms with Crippen molar-refractivity contribution in [3.05, 3.63) is 24.3 Å². The Balaban J connectivity index is 1.86. The lowest BCUT2D eigenvalue weighted by atomic mass is 10.3. The number of benzene rings is 1. The molecule has 0 radical (unpaired) electrons. The van der Waals surface area contributed by atoms with Gasteiger partial charge in [-0.15, -0.1) is 0 Å². The van der Waals surface area contributed by atoms with Gasteiger partial charge in [0.15, 0.2) is 6.61 Å². The Bertz CT molecular complexity index is 424. The molecule has 0 unspecified atom stereocenters. The number of nitrogens with one attached hydrogen (secondary N) is 1. The van der Waals surface area contributed by atoms with Crippen molar-refractivity contribution in [2.75, 3.05) is 11.9 Å². The number of halogens is 3. The molecule has 0 aliphatic heterocycles. The van der Waals surface area contributed by atoms with Gasteiger partial charge in [-0.25, -0.2) is 0 Å². The second kappa shape index (κ2) is 4.88. The first-order chi connectivity index (χ1) is 8.44. The van der Waals surface area contributed by atoms with Crippen molar-refractivity contribution in [1.29, 1.82) is 0 Å². The number of alkyl halides is 3. The van der Waals surface area contributed by atoms with E-state index in [1.165, 1.54) is 24.3 Å². The number of carbonyl (C=O) groups excluding carboxylic acids is 1. The topological polar surface area (TPSA) is 38.3 Å². The second-order valence-electron chi connectivity index (χ2n) is 4.19. The summed E-state index contributed by atoms with van der Waals surface area (Å²) in [6.45, 7) is -1.32. The smallest absolute Gasteiger partial charge is 0.422 e. The Morgan fingerprint density at radius 1 is 1.28 bits per heavy atom. The van der Waals surface area contributed by atoms with Crippen molar-refractivity contribution in [3.63, 3.8) is 0 Å². The standard InChI is InChI=1S/C12H12F3NO2/c13-12(14,15)7-18-10-5-3-9(4-6-10)16-11(17)8-1-2-8/h3-6,8H,1-2,7H2,(H,16,17). The maximum Gasteiger partial charge on any atom is 0.422 e. The van der Waals surface area contributed by atoms with Crippen molar-refractivity contribution in [3.8, 4) is 5.75 Å². The minimum absolute atomic E-state index is 0.0426. The van der Waals surface area contributed by atoms with E-state index in [4.69, 9.17) is 0 Å². The third kappa shape index (κ3) is 3.94. The van der Waals surface area contributed by atoms with Gasteiger partial charge in [0.05, 0.1) is 0 Å². The molecule has 0 spiro atoms. The van der Waals surface area contributed by atoms with Crippen LogP contribution in [-0.4, -0.2) is 18.7 Å². The first kappa shape index (κ1) is 12.7. The minimum Gasteiger partial charge on any atom is -0.484 e. The molecule has 1 saturated carbocycles. The quantitative estimate of drug-likeness (QED) is 0.902. The van der Waals surface area contributed by atoms with Gasteiger partial charge in [-0.3, -0.25) is 4.79 Å². The predicted molar refractivity (Wildman–Crippen MR) is 59.3 cm³/mol. The Hall–Kier alpha value is -1.72. The van der Waals surface area contributed by atoms with Crippen LogP contribution in [0, 0.1) is 5.92 Å². The first-order valence-electron chi connectivity index (χ1n) is 5.54. The molecule has 3 nitrogen and oxygen atoms in total. The van der Waals surface area contributed by atoms with E-state index < -0.39 is 12.8 Å². The molecule has 1 aromatic carbocycles. The summed E-state index contributed by atoms with van der Waals surface area (Å²) >= 11 is 0. The summed E-state index contributed by atoms with van der Waals surface area (Å²) in [6.07, 6.45) is -2.55. The highest BCUT2D eigenvalue weighted by molar-refractivity contribution is 5.94. The van der Waals surface area contributed by atoms with Gasteiger partial charge in [-0.05, 0) is 37.1 Å². The van der Waals surface area contributed by atoms with E-state index in [0.29, 0.717) is 5.69 Å². The maximum atomic E-state index is 11.9. The molecule has 2 rings (SSSR count). The van der Waals surface area contributed by atoms with Gasteiger partial charge >= 0.3 is 6.18 Å². The summed E-state index contributed by atoms with van der Waals surface area (Å²) in [5.74, 6) is 0.168. The van der Waals surface area contributed by atoms with Gasteiger partial charge in [0, 0.05) is 11.6 Å². The molecule has 0 aromatic heterocycles. The fourth-order valence-electron chi connectivity index (χ4n) is 1.39. The molecule has 6 heteroatoms. The number of hydrogen-bond acceptors (Lipinski definition) is 2. The van der Waals surface area contributed by atoms with E-state index in [0.717, 1.165) is 12.8 Å². The summed E-state index contributed by atoms with van der Waals surface area (Å²) < 4.78 is 40.3. The number of hydrogen-bond donors (Lipinski definition) is 1. The van der Waals surface area contributed by atoms with E-state index in [1.807, 2.05) is 0 Å². The highest BCUT2D eigenvalue weighted by Gasteiger charge is 2.30. The lowest BCUT2D eigenvalue weighted by Gasteiger charge is -2.10. The van der Waals surface area contributed by atoms with Gasteiger partial charge < -0.3 is 10.1 Å². The first-order valence-corrected chi connectivity index (χ1v) is 5.54. The Kier molecular flexibility index (Phi) is 3.45. The van der Waals surface area contributed by atoms with Crippen molar-refractivity contribution in [2.24, 2.45) is 5.92 Å². The summed E-state index contributed by atoms with van der Waals surface area (Å²) in [6, 6.07) is 5.83. The van der Waals surface area contributed by atoms with Crippen LogP contribution in [-0.2, 0) is 4.79 Å². The number of rotatable bonds is 4. The van der Waals surface area contributed by atoms with Crippen LogP contribution in [0.2, 0.25) is 0 Å². The van der Waals surface area contributed by atoms with Crippen LogP contribution in [0.3, 0.4) is 0 Å². The molecule has 1 aromatic rings. The molecular weight excluding hydrogens is 247 g/mol. The zero-order valence-corrected chi connectivity index (χ0v) is 9.46. The van der Waals surface area contributed by atoms with Crippen molar-refractivity contribution >= 4 is 11.6 Å².